The van der Waals surface area contributed by atoms with Gasteiger partial charge in [-0.2, -0.15) is 0 Å². The van der Waals surface area contributed by atoms with Crippen LogP contribution in [0.3, 0.4) is 0 Å². The fourth-order valence-electron chi connectivity index (χ4n) is 1.57. The maximum Gasteiger partial charge on any atom is 0.135 e. The number of hydrogen-bond donors (Lipinski definition) is 1. The number of aromatic nitrogens is 1. The van der Waals surface area contributed by atoms with Crippen LogP contribution in [0.5, 0.6) is 0 Å². The van der Waals surface area contributed by atoms with E-state index in [2.05, 4.69) is 23.3 Å². The van der Waals surface area contributed by atoms with Gasteiger partial charge in [0.05, 0.1) is 6.04 Å². The lowest BCUT2D eigenvalue weighted by Crippen LogP contribution is -2.10. The van der Waals surface area contributed by atoms with E-state index in [1.54, 1.807) is 0 Å². The smallest absolute Gasteiger partial charge is 0.135 e. The molecule has 1 unspecified atom stereocenters. The van der Waals surface area contributed by atoms with Gasteiger partial charge in [0.1, 0.15) is 11.5 Å². The Morgan fingerprint density at radius 3 is 2.81 bits per heavy atom. The van der Waals surface area contributed by atoms with Crippen LogP contribution in [0.1, 0.15) is 24.3 Å². The SMILES string of the molecule is CNC(C)c1ccc(-c2cncc(C)c2)o1. The Balaban J connectivity index is 2.31. The summed E-state index contributed by atoms with van der Waals surface area (Å²) >= 11 is 0. The zero-order valence-corrected chi connectivity index (χ0v) is 9.82. The highest BCUT2D eigenvalue weighted by molar-refractivity contribution is 5.57. The number of pyridine rings is 1. The fraction of sp³-hybridized carbons (Fsp3) is 0.308. The van der Waals surface area contributed by atoms with E-state index in [0.29, 0.717) is 0 Å². The topological polar surface area (TPSA) is 38.1 Å². The molecule has 0 saturated carbocycles. The second-order valence-corrected chi connectivity index (χ2v) is 3.96. The number of nitrogens with zero attached hydrogens (tertiary/aromatic N) is 1. The minimum atomic E-state index is 0.228. The molecule has 0 aromatic carbocycles. The van der Waals surface area contributed by atoms with Gasteiger partial charge in [0, 0.05) is 18.0 Å². The maximum atomic E-state index is 5.77. The molecular formula is C13H16N2O. The van der Waals surface area contributed by atoms with E-state index >= 15 is 0 Å². The molecule has 3 heteroatoms. The molecule has 0 saturated heterocycles. The largest absolute Gasteiger partial charge is 0.459 e. The summed E-state index contributed by atoms with van der Waals surface area (Å²) in [5.74, 6) is 1.81. The van der Waals surface area contributed by atoms with E-state index in [1.807, 2.05) is 38.5 Å². The molecule has 84 valence electrons. The van der Waals surface area contributed by atoms with E-state index in [4.69, 9.17) is 4.42 Å². The number of aryl methyl sites for hydroxylation is 1. The molecule has 0 aliphatic rings. The molecule has 1 atom stereocenters. The summed E-state index contributed by atoms with van der Waals surface area (Å²) in [5.41, 5.74) is 2.16. The van der Waals surface area contributed by atoms with Gasteiger partial charge in [0.2, 0.25) is 0 Å². The molecule has 0 amide bonds. The van der Waals surface area contributed by atoms with Crippen LogP contribution in [0.15, 0.2) is 35.0 Å². The summed E-state index contributed by atoms with van der Waals surface area (Å²) in [6.07, 6.45) is 3.66. The highest BCUT2D eigenvalue weighted by Crippen LogP contribution is 2.24. The molecule has 2 heterocycles. The molecule has 2 aromatic rings. The Kier molecular flexibility index (Phi) is 3.06. The van der Waals surface area contributed by atoms with E-state index < -0.39 is 0 Å². The first-order valence-corrected chi connectivity index (χ1v) is 5.39. The summed E-state index contributed by atoms with van der Waals surface area (Å²) in [5, 5.41) is 3.15. The van der Waals surface area contributed by atoms with Gasteiger partial charge in [-0.25, -0.2) is 0 Å². The summed E-state index contributed by atoms with van der Waals surface area (Å²) in [4.78, 5) is 4.16. The lowest BCUT2D eigenvalue weighted by atomic mass is 10.2. The third-order valence-electron chi connectivity index (χ3n) is 2.65. The number of rotatable bonds is 3. The predicted molar refractivity (Wildman–Crippen MR) is 64.2 cm³/mol. The van der Waals surface area contributed by atoms with E-state index in [-0.39, 0.29) is 6.04 Å². The normalized spacial score (nSPS) is 12.7. The monoisotopic (exact) mass is 216 g/mol. The van der Waals surface area contributed by atoms with E-state index in [0.717, 1.165) is 22.6 Å². The van der Waals surface area contributed by atoms with Gasteiger partial charge in [0.25, 0.3) is 0 Å². The van der Waals surface area contributed by atoms with Gasteiger partial charge < -0.3 is 9.73 Å². The fourth-order valence-corrected chi connectivity index (χ4v) is 1.57. The third-order valence-corrected chi connectivity index (χ3v) is 2.65. The molecule has 16 heavy (non-hydrogen) atoms. The number of hydrogen-bond acceptors (Lipinski definition) is 3. The first-order valence-electron chi connectivity index (χ1n) is 5.39. The third kappa shape index (κ3) is 2.14. The Hall–Kier alpha value is -1.61. The van der Waals surface area contributed by atoms with Crippen molar-refractivity contribution in [2.45, 2.75) is 19.9 Å². The standard InChI is InChI=1S/C13H16N2O/c1-9-6-11(8-15-7-9)13-5-4-12(16-13)10(2)14-3/h4-8,10,14H,1-3H3. The minimum absolute atomic E-state index is 0.228. The van der Waals surface area contributed by atoms with Crippen LogP contribution in [0.4, 0.5) is 0 Å². The summed E-state index contributed by atoms with van der Waals surface area (Å²) in [6, 6.07) is 6.28. The summed E-state index contributed by atoms with van der Waals surface area (Å²) < 4.78 is 5.77. The minimum Gasteiger partial charge on any atom is -0.459 e. The second kappa shape index (κ2) is 4.49. The van der Waals surface area contributed by atoms with Crippen LogP contribution < -0.4 is 5.32 Å². The molecule has 2 rings (SSSR count). The molecule has 0 spiro atoms. The van der Waals surface area contributed by atoms with Crippen molar-refractivity contribution in [3.05, 3.63) is 41.9 Å². The average molecular weight is 216 g/mol. The van der Waals surface area contributed by atoms with Crippen molar-refractivity contribution in [1.29, 1.82) is 0 Å². The van der Waals surface area contributed by atoms with Gasteiger partial charge in [-0.15, -0.1) is 0 Å². The van der Waals surface area contributed by atoms with Gasteiger partial charge in [-0.3, -0.25) is 4.98 Å². The first-order chi connectivity index (χ1) is 7.70. The molecule has 1 N–H and O–H groups in total. The van der Waals surface area contributed by atoms with Crippen molar-refractivity contribution in [3.63, 3.8) is 0 Å². The van der Waals surface area contributed by atoms with Gasteiger partial charge in [0.15, 0.2) is 0 Å². The van der Waals surface area contributed by atoms with Crippen LogP contribution in [0, 0.1) is 6.92 Å². The first kappa shape index (κ1) is 10.9. The Morgan fingerprint density at radius 1 is 1.31 bits per heavy atom. The number of nitrogens with one attached hydrogen (secondary N) is 1. The molecule has 3 nitrogen and oxygen atoms in total. The second-order valence-electron chi connectivity index (χ2n) is 3.96. The van der Waals surface area contributed by atoms with Crippen LogP contribution >= 0.6 is 0 Å². The molecule has 0 radical (unpaired) electrons. The quantitative estimate of drug-likeness (QED) is 0.857. The molecule has 2 aromatic heterocycles. The van der Waals surface area contributed by atoms with Crippen LogP contribution in [0.25, 0.3) is 11.3 Å². The molecule has 0 fully saturated rings. The van der Waals surface area contributed by atoms with Crippen molar-refractivity contribution in [1.82, 2.24) is 10.3 Å². The van der Waals surface area contributed by atoms with Gasteiger partial charge in [-0.1, -0.05) is 0 Å². The number of furan rings is 1. The Morgan fingerprint density at radius 2 is 2.12 bits per heavy atom. The van der Waals surface area contributed by atoms with Crippen molar-refractivity contribution in [2.75, 3.05) is 7.05 Å². The molecule has 0 bridgehead atoms. The zero-order valence-electron chi connectivity index (χ0n) is 9.82. The molecular weight excluding hydrogens is 200 g/mol. The summed E-state index contributed by atoms with van der Waals surface area (Å²) in [6.45, 7) is 4.09. The Labute approximate surface area is 95.5 Å². The summed E-state index contributed by atoms with van der Waals surface area (Å²) in [7, 11) is 1.92. The van der Waals surface area contributed by atoms with E-state index in [9.17, 15) is 0 Å². The average Bonchev–Trinajstić information content (AvgIpc) is 2.77. The van der Waals surface area contributed by atoms with Crippen LogP contribution in [0.2, 0.25) is 0 Å². The predicted octanol–water partition coefficient (Wildman–Crippen LogP) is 2.93. The van der Waals surface area contributed by atoms with Gasteiger partial charge in [-0.05, 0) is 44.7 Å². The van der Waals surface area contributed by atoms with Crippen molar-refractivity contribution < 1.29 is 4.42 Å². The maximum absolute atomic E-state index is 5.77. The van der Waals surface area contributed by atoms with E-state index in [1.165, 1.54) is 0 Å². The lowest BCUT2D eigenvalue weighted by molar-refractivity contribution is 0.458. The molecule has 0 aliphatic heterocycles. The molecule has 0 aliphatic carbocycles. The van der Waals surface area contributed by atoms with Crippen LogP contribution in [-0.4, -0.2) is 12.0 Å². The van der Waals surface area contributed by atoms with Crippen LogP contribution in [-0.2, 0) is 0 Å². The van der Waals surface area contributed by atoms with Gasteiger partial charge >= 0.3 is 0 Å². The Bertz CT molecular complexity index is 476. The van der Waals surface area contributed by atoms with Crippen molar-refractivity contribution in [3.8, 4) is 11.3 Å². The van der Waals surface area contributed by atoms with Crippen molar-refractivity contribution >= 4 is 0 Å². The lowest BCUT2D eigenvalue weighted by Gasteiger charge is -2.05. The van der Waals surface area contributed by atoms with Crippen molar-refractivity contribution in [2.24, 2.45) is 0 Å². The zero-order chi connectivity index (χ0) is 11.5. The highest BCUT2D eigenvalue weighted by atomic mass is 16.3. The highest BCUT2D eigenvalue weighted by Gasteiger charge is 2.09.